The number of rotatable bonds is 3. The second-order valence-electron chi connectivity index (χ2n) is 8.26. The summed E-state index contributed by atoms with van der Waals surface area (Å²) in [5, 5.41) is 9.19. The first kappa shape index (κ1) is 20.8. The summed E-state index contributed by atoms with van der Waals surface area (Å²) in [4.78, 5) is 42.5. The molecule has 1 fully saturated rings. The van der Waals surface area contributed by atoms with Crippen molar-refractivity contribution in [2.45, 2.75) is 26.3 Å². The molecule has 1 aliphatic rings. The molecule has 0 aliphatic carbocycles. The van der Waals surface area contributed by atoms with Gasteiger partial charge in [0, 0.05) is 43.3 Å². The Kier molecular flexibility index (Phi) is 5.33. The minimum absolute atomic E-state index is 0.0294. The van der Waals surface area contributed by atoms with Crippen LogP contribution in [0.15, 0.2) is 53.7 Å². The van der Waals surface area contributed by atoms with E-state index in [1.54, 1.807) is 24.7 Å². The predicted octanol–water partition coefficient (Wildman–Crippen LogP) is 1.95. The van der Waals surface area contributed by atoms with Gasteiger partial charge in [0.05, 0.1) is 23.6 Å². The molecule has 33 heavy (non-hydrogen) atoms. The smallest absolute Gasteiger partial charge is 0.256 e. The van der Waals surface area contributed by atoms with Gasteiger partial charge in [-0.15, -0.1) is 0 Å². The normalized spacial score (nSPS) is 16.7. The van der Waals surface area contributed by atoms with Crippen LogP contribution in [0.1, 0.15) is 29.3 Å². The zero-order chi connectivity index (χ0) is 22.9. The highest BCUT2D eigenvalue weighted by atomic mass is 16.2. The van der Waals surface area contributed by atoms with Crippen molar-refractivity contribution < 1.29 is 4.79 Å². The zero-order valence-corrected chi connectivity index (χ0v) is 18.5. The number of hydrogen-bond donors (Lipinski definition) is 1. The van der Waals surface area contributed by atoms with Crippen LogP contribution in [0, 0.1) is 6.92 Å². The Morgan fingerprint density at radius 2 is 1.91 bits per heavy atom. The van der Waals surface area contributed by atoms with E-state index < -0.39 is 0 Å². The number of amides is 1. The summed E-state index contributed by atoms with van der Waals surface area (Å²) in [7, 11) is 0. The standard InChI is InChI=1S/C23H24N8O2/c1-15-3-5-19(31-25-8-9-26-31)18(13-15)22(33)30-12-11-29(10-7-16(30)2)23-24-14-17-4-6-20(32)27-21(17)28-23/h3-6,8-9,13-14,16H,7,10-12H2,1-2H3,(H,24,27,28,32)/t16-/m1/s1. The Morgan fingerprint density at radius 3 is 2.73 bits per heavy atom. The average molecular weight is 444 g/mol. The van der Waals surface area contributed by atoms with E-state index in [1.165, 1.54) is 10.9 Å². The van der Waals surface area contributed by atoms with E-state index in [-0.39, 0.29) is 17.5 Å². The largest absolute Gasteiger partial charge is 0.339 e. The Bertz CT molecular complexity index is 1360. The fraction of sp³-hybridized carbons (Fsp3) is 0.304. The number of benzene rings is 1. The number of hydrogen-bond acceptors (Lipinski definition) is 7. The lowest BCUT2D eigenvalue weighted by atomic mass is 10.1. The molecule has 0 bridgehead atoms. The van der Waals surface area contributed by atoms with Gasteiger partial charge in [0.25, 0.3) is 5.91 Å². The summed E-state index contributed by atoms with van der Waals surface area (Å²) >= 11 is 0. The number of carbonyl (C=O) groups excluding carboxylic acids is 1. The molecule has 0 unspecified atom stereocenters. The number of H-pyrrole nitrogens is 1. The number of aromatic amines is 1. The van der Waals surface area contributed by atoms with Gasteiger partial charge in [-0.25, -0.2) is 4.98 Å². The maximum absolute atomic E-state index is 13.7. The van der Waals surface area contributed by atoms with Crippen LogP contribution in [-0.4, -0.2) is 66.4 Å². The minimum atomic E-state index is -0.200. The number of anilines is 1. The van der Waals surface area contributed by atoms with Crippen molar-refractivity contribution in [2.75, 3.05) is 24.5 Å². The van der Waals surface area contributed by atoms with Crippen molar-refractivity contribution in [3.05, 3.63) is 70.4 Å². The van der Waals surface area contributed by atoms with Gasteiger partial charge in [-0.1, -0.05) is 11.6 Å². The SMILES string of the molecule is Cc1ccc(-n2nccn2)c(C(=O)N2CCN(c3ncc4ccc(=O)[nH]c4n3)CC[C@H]2C)c1. The van der Waals surface area contributed by atoms with Gasteiger partial charge in [0.1, 0.15) is 5.65 Å². The molecule has 0 saturated carbocycles. The fourth-order valence-corrected chi connectivity index (χ4v) is 4.13. The van der Waals surface area contributed by atoms with E-state index >= 15 is 0 Å². The maximum Gasteiger partial charge on any atom is 0.256 e. The lowest BCUT2D eigenvalue weighted by Gasteiger charge is -2.27. The number of nitrogens with zero attached hydrogens (tertiary/aromatic N) is 7. The van der Waals surface area contributed by atoms with Crippen molar-refractivity contribution in [3.63, 3.8) is 0 Å². The Morgan fingerprint density at radius 1 is 1.09 bits per heavy atom. The highest BCUT2D eigenvalue weighted by Gasteiger charge is 2.28. The van der Waals surface area contributed by atoms with Crippen LogP contribution >= 0.6 is 0 Å². The van der Waals surface area contributed by atoms with E-state index in [0.29, 0.717) is 42.5 Å². The number of nitrogens with one attached hydrogen (secondary N) is 1. The number of aryl methyl sites for hydroxylation is 1. The highest BCUT2D eigenvalue weighted by molar-refractivity contribution is 5.98. The van der Waals surface area contributed by atoms with Gasteiger partial charge in [-0.05, 0) is 38.5 Å². The number of fused-ring (bicyclic) bond motifs is 1. The summed E-state index contributed by atoms with van der Waals surface area (Å²) in [5.41, 5.74) is 2.54. The molecule has 10 nitrogen and oxygen atoms in total. The van der Waals surface area contributed by atoms with Gasteiger partial charge in [0.15, 0.2) is 0 Å². The van der Waals surface area contributed by atoms with E-state index in [2.05, 4.69) is 37.0 Å². The first-order valence-electron chi connectivity index (χ1n) is 10.9. The van der Waals surface area contributed by atoms with Crippen molar-refractivity contribution in [3.8, 4) is 5.69 Å². The number of pyridine rings is 1. The fourth-order valence-electron chi connectivity index (χ4n) is 4.13. The summed E-state index contributed by atoms with van der Waals surface area (Å²) in [6.07, 6.45) is 5.66. The van der Waals surface area contributed by atoms with Crippen LogP contribution in [0.25, 0.3) is 16.7 Å². The van der Waals surface area contributed by atoms with Crippen molar-refractivity contribution in [2.24, 2.45) is 0 Å². The summed E-state index contributed by atoms with van der Waals surface area (Å²) in [6, 6.07) is 8.91. The quantitative estimate of drug-likeness (QED) is 0.514. The molecule has 4 heterocycles. The molecule has 1 amide bonds. The van der Waals surface area contributed by atoms with Crippen LogP contribution in [0.5, 0.6) is 0 Å². The molecule has 1 saturated heterocycles. The Balaban J connectivity index is 1.41. The van der Waals surface area contributed by atoms with Crippen molar-refractivity contribution >= 4 is 22.9 Å². The molecule has 0 spiro atoms. The van der Waals surface area contributed by atoms with E-state index in [4.69, 9.17) is 0 Å². The van der Waals surface area contributed by atoms with Crippen LogP contribution in [0.3, 0.4) is 0 Å². The second kappa shape index (κ2) is 8.45. The van der Waals surface area contributed by atoms with Crippen LogP contribution in [-0.2, 0) is 0 Å². The van der Waals surface area contributed by atoms with Gasteiger partial charge >= 0.3 is 0 Å². The number of carbonyl (C=O) groups is 1. The molecule has 1 atom stereocenters. The lowest BCUT2D eigenvalue weighted by Crippen LogP contribution is -2.40. The maximum atomic E-state index is 13.7. The molecule has 1 N–H and O–H groups in total. The Labute approximate surface area is 189 Å². The van der Waals surface area contributed by atoms with Crippen molar-refractivity contribution in [1.82, 2.24) is 34.8 Å². The predicted molar refractivity (Wildman–Crippen MR) is 124 cm³/mol. The zero-order valence-electron chi connectivity index (χ0n) is 18.5. The lowest BCUT2D eigenvalue weighted by molar-refractivity contribution is 0.0704. The topological polar surface area (TPSA) is 113 Å². The third-order valence-electron chi connectivity index (χ3n) is 5.98. The molecule has 168 valence electrons. The van der Waals surface area contributed by atoms with E-state index in [1.807, 2.05) is 30.0 Å². The van der Waals surface area contributed by atoms with Gasteiger partial charge in [0.2, 0.25) is 11.5 Å². The Hall–Kier alpha value is -4.08. The second-order valence-corrected chi connectivity index (χ2v) is 8.26. The summed E-state index contributed by atoms with van der Waals surface area (Å²) < 4.78 is 0. The molecule has 5 rings (SSSR count). The monoisotopic (exact) mass is 444 g/mol. The molecule has 0 radical (unpaired) electrons. The van der Waals surface area contributed by atoms with Crippen LogP contribution in [0.2, 0.25) is 0 Å². The number of aromatic nitrogens is 6. The minimum Gasteiger partial charge on any atom is -0.339 e. The molecule has 3 aromatic heterocycles. The molecular weight excluding hydrogens is 420 g/mol. The van der Waals surface area contributed by atoms with Crippen molar-refractivity contribution in [1.29, 1.82) is 0 Å². The first-order chi connectivity index (χ1) is 16.0. The average Bonchev–Trinajstić information content (AvgIpc) is 3.28. The third-order valence-corrected chi connectivity index (χ3v) is 5.98. The third kappa shape index (κ3) is 4.07. The molecule has 1 aliphatic heterocycles. The molecular formula is C23H24N8O2. The molecule has 10 heteroatoms. The van der Waals surface area contributed by atoms with Gasteiger partial charge in [-0.3, -0.25) is 9.59 Å². The first-order valence-corrected chi connectivity index (χ1v) is 10.9. The van der Waals surface area contributed by atoms with Crippen LogP contribution < -0.4 is 10.5 Å². The summed E-state index contributed by atoms with van der Waals surface area (Å²) in [6.45, 7) is 5.83. The van der Waals surface area contributed by atoms with Gasteiger partial charge in [-0.2, -0.15) is 20.0 Å². The van der Waals surface area contributed by atoms with Gasteiger partial charge < -0.3 is 14.8 Å². The van der Waals surface area contributed by atoms with E-state index in [9.17, 15) is 9.59 Å². The summed E-state index contributed by atoms with van der Waals surface area (Å²) in [5.74, 6) is 0.493. The highest BCUT2D eigenvalue weighted by Crippen LogP contribution is 2.22. The van der Waals surface area contributed by atoms with E-state index in [0.717, 1.165) is 17.4 Å². The van der Waals surface area contributed by atoms with Crippen LogP contribution in [0.4, 0.5) is 5.95 Å². The molecule has 4 aromatic rings. The molecule has 1 aromatic carbocycles.